The molecule has 0 rings (SSSR count). The summed E-state index contributed by atoms with van der Waals surface area (Å²) in [5, 5.41) is 2.96. The van der Waals surface area contributed by atoms with E-state index < -0.39 is 0 Å². The predicted octanol–water partition coefficient (Wildman–Crippen LogP) is 2.27. The van der Waals surface area contributed by atoms with Crippen molar-refractivity contribution in [3.63, 3.8) is 0 Å². The molecule has 1 radical (unpaired) electrons. The molecule has 0 fully saturated rings. The number of carbonyl (C=O) groups excluding carboxylic acids is 1. The van der Waals surface area contributed by atoms with Crippen molar-refractivity contribution in [1.82, 2.24) is 5.32 Å². The Labute approximate surface area is 87.2 Å². The zero-order chi connectivity index (χ0) is 10.8. The zero-order valence-electron chi connectivity index (χ0n) is 9.34. The Morgan fingerprint density at radius 1 is 1.36 bits per heavy atom. The van der Waals surface area contributed by atoms with E-state index in [-0.39, 0.29) is 5.97 Å². The fraction of sp³-hybridized carbons (Fsp3) is 0.818. The van der Waals surface area contributed by atoms with Gasteiger partial charge in [0.1, 0.15) is 0 Å². The minimum atomic E-state index is -0.0993. The Balaban J connectivity index is 3.10. The van der Waals surface area contributed by atoms with Crippen LogP contribution >= 0.6 is 0 Å². The second kappa shape index (κ2) is 9.00. The normalized spacial score (nSPS) is 12.5. The molecule has 3 heteroatoms. The average molecular weight is 200 g/mol. The third-order valence-corrected chi connectivity index (χ3v) is 2.34. The first-order valence-corrected chi connectivity index (χ1v) is 5.30. The standard InChI is InChI=1S/C11H22NO2/c1-10(12-2)8-6-4-5-7-9-11(13)14-3/h10,12H,2,4-9H2,1,3H3. The van der Waals surface area contributed by atoms with Crippen LogP contribution in [0.3, 0.4) is 0 Å². The maximum absolute atomic E-state index is 10.8. The summed E-state index contributed by atoms with van der Waals surface area (Å²) >= 11 is 0. The molecule has 1 unspecified atom stereocenters. The summed E-state index contributed by atoms with van der Waals surface area (Å²) in [6.45, 7) is 2.13. The molecule has 3 nitrogen and oxygen atoms in total. The highest BCUT2D eigenvalue weighted by atomic mass is 16.5. The monoisotopic (exact) mass is 200 g/mol. The van der Waals surface area contributed by atoms with Crippen molar-refractivity contribution in [1.29, 1.82) is 0 Å². The summed E-state index contributed by atoms with van der Waals surface area (Å²) < 4.78 is 4.56. The number of hydrogen-bond acceptors (Lipinski definition) is 3. The number of ether oxygens (including phenoxy) is 1. The van der Waals surface area contributed by atoms with Crippen LogP contribution in [0, 0.1) is 7.05 Å². The Bertz CT molecular complexity index is 148. The molecule has 14 heavy (non-hydrogen) atoms. The molecule has 0 aliphatic heterocycles. The molecule has 0 aliphatic carbocycles. The maximum atomic E-state index is 10.8. The molecule has 0 aliphatic rings. The van der Waals surface area contributed by atoms with Crippen LogP contribution in [-0.2, 0) is 9.53 Å². The number of methoxy groups -OCH3 is 1. The van der Waals surface area contributed by atoms with Gasteiger partial charge in [-0.15, -0.1) is 0 Å². The van der Waals surface area contributed by atoms with Crippen molar-refractivity contribution in [3.8, 4) is 0 Å². The van der Waals surface area contributed by atoms with Gasteiger partial charge in [-0.25, -0.2) is 0 Å². The van der Waals surface area contributed by atoms with Gasteiger partial charge in [0.05, 0.1) is 7.11 Å². The van der Waals surface area contributed by atoms with Gasteiger partial charge < -0.3 is 10.1 Å². The maximum Gasteiger partial charge on any atom is 0.305 e. The summed E-state index contributed by atoms with van der Waals surface area (Å²) in [4.78, 5) is 10.8. The fourth-order valence-corrected chi connectivity index (χ4v) is 1.28. The van der Waals surface area contributed by atoms with Gasteiger partial charge in [0.2, 0.25) is 0 Å². The second-order valence-corrected chi connectivity index (χ2v) is 3.63. The first-order chi connectivity index (χ1) is 6.70. The Hall–Kier alpha value is -0.570. The lowest BCUT2D eigenvalue weighted by Crippen LogP contribution is -2.18. The lowest BCUT2D eigenvalue weighted by Gasteiger charge is -2.08. The highest BCUT2D eigenvalue weighted by molar-refractivity contribution is 5.68. The number of unbranched alkanes of at least 4 members (excludes halogenated alkanes) is 3. The van der Waals surface area contributed by atoms with Gasteiger partial charge in [-0.3, -0.25) is 4.79 Å². The number of carbonyl (C=O) groups is 1. The van der Waals surface area contributed by atoms with Crippen LogP contribution in [0.4, 0.5) is 0 Å². The van der Waals surface area contributed by atoms with E-state index in [1.807, 2.05) is 0 Å². The molecule has 0 bridgehead atoms. The molecule has 0 amide bonds. The van der Waals surface area contributed by atoms with Crippen LogP contribution < -0.4 is 5.32 Å². The molecule has 1 atom stereocenters. The van der Waals surface area contributed by atoms with Crippen LogP contribution in [0.2, 0.25) is 0 Å². The van der Waals surface area contributed by atoms with Gasteiger partial charge in [0.25, 0.3) is 0 Å². The third-order valence-electron chi connectivity index (χ3n) is 2.34. The predicted molar refractivity (Wildman–Crippen MR) is 57.7 cm³/mol. The third kappa shape index (κ3) is 8.05. The smallest absolute Gasteiger partial charge is 0.305 e. The molecule has 1 N–H and O–H groups in total. The summed E-state index contributed by atoms with van der Waals surface area (Å²) in [6, 6.07) is 0.496. The van der Waals surface area contributed by atoms with E-state index in [2.05, 4.69) is 24.0 Å². The molecule has 0 saturated carbocycles. The van der Waals surface area contributed by atoms with Crippen molar-refractivity contribution >= 4 is 5.97 Å². The van der Waals surface area contributed by atoms with E-state index in [0.29, 0.717) is 12.5 Å². The second-order valence-electron chi connectivity index (χ2n) is 3.63. The van der Waals surface area contributed by atoms with E-state index in [9.17, 15) is 4.79 Å². The number of hydrogen-bond donors (Lipinski definition) is 1. The molecule has 0 aromatic heterocycles. The first-order valence-electron chi connectivity index (χ1n) is 5.30. The van der Waals surface area contributed by atoms with Gasteiger partial charge in [0.15, 0.2) is 0 Å². The Kier molecular flexibility index (Phi) is 8.64. The molecule has 0 saturated heterocycles. The van der Waals surface area contributed by atoms with Crippen molar-refractivity contribution in [3.05, 3.63) is 7.05 Å². The SMILES string of the molecule is [CH2]NC(C)CCCCCCC(=O)OC. The summed E-state index contributed by atoms with van der Waals surface area (Å²) in [6.07, 6.45) is 6.15. The van der Waals surface area contributed by atoms with E-state index >= 15 is 0 Å². The molecular weight excluding hydrogens is 178 g/mol. The highest BCUT2D eigenvalue weighted by Crippen LogP contribution is 2.07. The van der Waals surface area contributed by atoms with Crippen LogP contribution in [0.25, 0.3) is 0 Å². The first kappa shape index (κ1) is 13.4. The molecule has 0 heterocycles. The fourth-order valence-electron chi connectivity index (χ4n) is 1.28. The number of nitrogens with one attached hydrogen (secondary N) is 1. The minimum absolute atomic E-state index is 0.0993. The highest BCUT2D eigenvalue weighted by Gasteiger charge is 2.00. The van der Waals surface area contributed by atoms with E-state index in [4.69, 9.17) is 0 Å². The Morgan fingerprint density at radius 2 is 2.00 bits per heavy atom. The van der Waals surface area contributed by atoms with Gasteiger partial charge in [0, 0.05) is 19.5 Å². The quantitative estimate of drug-likeness (QED) is 0.482. The van der Waals surface area contributed by atoms with Crippen molar-refractivity contribution in [2.24, 2.45) is 0 Å². The van der Waals surface area contributed by atoms with E-state index in [0.717, 1.165) is 19.3 Å². The van der Waals surface area contributed by atoms with Crippen LogP contribution in [-0.4, -0.2) is 19.1 Å². The van der Waals surface area contributed by atoms with Crippen LogP contribution in [0.15, 0.2) is 0 Å². The zero-order valence-corrected chi connectivity index (χ0v) is 9.34. The number of esters is 1. The molecule has 83 valence electrons. The molecular formula is C11H22NO2. The van der Waals surface area contributed by atoms with Crippen molar-refractivity contribution in [2.45, 2.75) is 51.5 Å². The van der Waals surface area contributed by atoms with E-state index in [1.165, 1.54) is 20.0 Å². The van der Waals surface area contributed by atoms with Gasteiger partial charge in [-0.2, -0.15) is 0 Å². The summed E-state index contributed by atoms with van der Waals surface area (Å²) in [5.74, 6) is -0.0993. The number of rotatable bonds is 8. The van der Waals surface area contributed by atoms with Gasteiger partial charge >= 0.3 is 5.97 Å². The summed E-state index contributed by atoms with van der Waals surface area (Å²) in [7, 11) is 5.06. The van der Waals surface area contributed by atoms with Crippen LogP contribution in [0.1, 0.15) is 45.4 Å². The molecule has 0 aromatic carbocycles. The minimum Gasteiger partial charge on any atom is -0.469 e. The lowest BCUT2D eigenvalue weighted by molar-refractivity contribution is -0.140. The van der Waals surface area contributed by atoms with Crippen LogP contribution in [0.5, 0.6) is 0 Å². The van der Waals surface area contributed by atoms with Gasteiger partial charge in [-0.1, -0.05) is 19.3 Å². The average Bonchev–Trinajstić information content (AvgIpc) is 2.22. The van der Waals surface area contributed by atoms with Gasteiger partial charge in [-0.05, 0) is 19.8 Å². The largest absolute Gasteiger partial charge is 0.469 e. The summed E-state index contributed by atoms with van der Waals surface area (Å²) in [5.41, 5.74) is 0. The van der Waals surface area contributed by atoms with Crippen molar-refractivity contribution < 1.29 is 9.53 Å². The molecule has 0 aromatic rings. The van der Waals surface area contributed by atoms with Crippen molar-refractivity contribution in [2.75, 3.05) is 7.11 Å². The topological polar surface area (TPSA) is 38.3 Å². The van der Waals surface area contributed by atoms with E-state index in [1.54, 1.807) is 0 Å². The lowest BCUT2D eigenvalue weighted by atomic mass is 10.1. The molecule has 0 spiro atoms. The Morgan fingerprint density at radius 3 is 2.57 bits per heavy atom.